The van der Waals surface area contributed by atoms with Crippen molar-refractivity contribution in [2.75, 3.05) is 6.61 Å². The van der Waals surface area contributed by atoms with E-state index < -0.39 is 0 Å². The molecule has 3 unspecified atom stereocenters. The first-order valence-corrected chi connectivity index (χ1v) is 5.88. The smallest absolute Gasteiger partial charge is 0.149 e. The molecule has 1 N–H and O–H groups in total. The van der Waals surface area contributed by atoms with Crippen molar-refractivity contribution in [2.24, 2.45) is 7.05 Å². The van der Waals surface area contributed by atoms with Crippen LogP contribution in [0.4, 0.5) is 0 Å². The summed E-state index contributed by atoms with van der Waals surface area (Å²) in [5.41, 5.74) is 0. The molecule has 0 bridgehead atoms. The van der Waals surface area contributed by atoms with E-state index in [1.54, 1.807) is 6.33 Å². The topological polar surface area (TPSA) is 52.0 Å². The van der Waals surface area contributed by atoms with Gasteiger partial charge in [0.05, 0.1) is 12.1 Å². The number of ether oxygens (including phenoxy) is 1. The van der Waals surface area contributed by atoms with E-state index in [9.17, 15) is 0 Å². The van der Waals surface area contributed by atoms with Crippen LogP contribution in [0.5, 0.6) is 0 Å². The van der Waals surface area contributed by atoms with Gasteiger partial charge in [0.1, 0.15) is 12.2 Å². The van der Waals surface area contributed by atoms with Gasteiger partial charge in [0.2, 0.25) is 0 Å². The third-order valence-corrected chi connectivity index (χ3v) is 3.10. The minimum absolute atomic E-state index is 0.239. The zero-order chi connectivity index (χ0) is 11.5. The van der Waals surface area contributed by atoms with E-state index in [0.717, 1.165) is 25.3 Å². The van der Waals surface area contributed by atoms with E-state index in [4.69, 9.17) is 4.74 Å². The SMILES string of the molecule is CC1CC(NC(C)c2nncn2C)CCO1. The Balaban J connectivity index is 1.92. The molecule has 16 heavy (non-hydrogen) atoms. The van der Waals surface area contributed by atoms with Crippen LogP contribution in [-0.4, -0.2) is 33.5 Å². The third kappa shape index (κ3) is 2.59. The van der Waals surface area contributed by atoms with Gasteiger partial charge in [-0.1, -0.05) is 0 Å². The Morgan fingerprint density at radius 1 is 1.62 bits per heavy atom. The number of nitrogens with one attached hydrogen (secondary N) is 1. The number of aryl methyl sites for hydroxylation is 1. The lowest BCUT2D eigenvalue weighted by molar-refractivity contribution is 0.0113. The van der Waals surface area contributed by atoms with Gasteiger partial charge in [-0.15, -0.1) is 10.2 Å². The summed E-state index contributed by atoms with van der Waals surface area (Å²) in [6.07, 6.45) is 4.24. The van der Waals surface area contributed by atoms with E-state index in [2.05, 4.69) is 29.4 Å². The molecule has 5 nitrogen and oxygen atoms in total. The summed E-state index contributed by atoms with van der Waals surface area (Å²) in [4.78, 5) is 0. The van der Waals surface area contributed by atoms with Crippen LogP contribution in [0, 0.1) is 0 Å². The lowest BCUT2D eigenvalue weighted by Gasteiger charge is -2.30. The Kier molecular flexibility index (Phi) is 3.56. The minimum atomic E-state index is 0.239. The highest BCUT2D eigenvalue weighted by atomic mass is 16.5. The lowest BCUT2D eigenvalue weighted by Crippen LogP contribution is -2.39. The zero-order valence-corrected chi connectivity index (χ0v) is 10.2. The van der Waals surface area contributed by atoms with Crippen molar-refractivity contribution >= 4 is 0 Å². The molecule has 0 radical (unpaired) electrons. The summed E-state index contributed by atoms with van der Waals surface area (Å²) in [7, 11) is 1.97. The molecule has 3 atom stereocenters. The minimum Gasteiger partial charge on any atom is -0.378 e. The van der Waals surface area contributed by atoms with Gasteiger partial charge < -0.3 is 14.6 Å². The van der Waals surface area contributed by atoms with Gasteiger partial charge >= 0.3 is 0 Å². The van der Waals surface area contributed by atoms with Gasteiger partial charge in [-0.3, -0.25) is 0 Å². The predicted molar refractivity (Wildman–Crippen MR) is 61.0 cm³/mol. The van der Waals surface area contributed by atoms with Crippen molar-refractivity contribution in [3.63, 3.8) is 0 Å². The fraction of sp³-hybridized carbons (Fsp3) is 0.818. The molecule has 1 aromatic rings. The number of nitrogens with zero attached hydrogens (tertiary/aromatic N) is 3. The molecule has 2 rings (SSSR count). The van der Waals surface area contributed by atoms with Gasteiger partial charge in [0, 0.05) is 19.7 Å². The van der Waals surface area contributed by atoms with Crippen molar-refractivity contribution in [2.45, 2.75) is 44.9 Å². The number of rotatable bonds is 3. The summed E-state index contributed by atoms with van der Waals surface area (Å²) < 4.78 is 7.49. The number of hydrogen-bond donors (Lipinski definition) is 1. The van der Waals surface area contributed by atoms with Crippen LogP contribution in [0.2, 0.25) is 0 Å². The number of hydrogen-bond acceptors (Lipinski definition) is 4. The zero-order valence-electron chi connectivity index (χ0n) is 10.2. The second-order valence-electron chi connectivity index (χ2n) is 4.59. The van der Waals surface area contributed by atoms with E-state index in [0.29, 0.717) is 12.1 Å². The van der Waals surface area contributed by atoms with Crippen LogP contribution < -0.4 is 5.32 Å². The molecule has 0 saturated carbocycles. The molecule has 0 aliphatic carbocycles. The first-order chi connectivity index (χ1) is 7.66. The maximum Gasteiger partial charge on any atom is 0.149 e. The van der Waals surface area contributed by atoms with Gasteiger partial charge in [0.25, 0.3) is 0 Å². The average Bonchev–Trinajstić information content (AvgIpc) is 2.64. The summed E-state index contributed by atoms with van der Waals surface area (Å²) in [6.45, 7) is 5.11. The summed E-state index contributed by atoms with van der Waals surface area (Å²) in [5, 5.41) is 11.6. The van der Waals surface area contributed by atoms with Gasteiger partial charge in [-0.25, -0.2) is 0 Å². The lowest BCUT2D eigenvalue weighted by atomic mass is 10.0. The monoisotopic (exact) mass is 224 g/mol. The van der Waals surface area contributed by atoms with Crippen LogP contribution in [-0.2, 0) is 11.8 Å². The fourth-order valence-electron chi connectivity index (χ4n) is 2.26. The van der Waals surface area contributed by atoms with Crippen molar-refractivity contribution in [1.82, 2.24) is 20.1 Å². The van der Waals surface area contributed by atoms with Gasteiger partial charge in [-0.2, -0.15) is 0 Å². The molecule has 1 aliphatic rings. The molecule has 1 aromatic heterocycles. The third-order valence-electron chi connectivity index (χ3n) is 3.10. The molecule has 5 heteroatoms. The Hall–Kier alpha value is -0.940. The van der Waals surface area contributed by atoms with Crippen LogP contribution in [0.3, 0.4) is 0 Å². The van der Waals surface area contributed by atoms with Crippen LogP contribution in [0.1, 0.15) is 38.6 Å². The largest absolute Gasteiger partial charge is 0.378 e. The normalized spacial score (nSPS) is 27.9. The fourth-order valence-corrected chi connectivity index (χ4v) is 2.26. The van der Waals surface area contributed by atoms with Crippen LogP contribution in [0.25, 0.3) is 0 Å². The highest BCUT2D eigenvalue weighted by Crippen LogP contribution is 2.17. The molecule has 0 amide bonds. The van der Waals surface area contributed by atoms with Gasteiger partial charge in [-0.05, 0) is 26.7 Å². The molecule has 0 aromatic carbocycles. The Bertz CT molecular complexity index is 338. The first kappa shape index (κ1) is 11.5. The maximum atomic E-state index is 5.53. The molecule has 2 heterocycles. The molecule has 1 fully saturated rings. The standard InChI is InChI=1S/C11H20N4O/c1-8-6-10(4-5-16-8)13-9(2)11-14-12-7-15(11)3/h7-10,13H,4-6H2,1-3H3. The van der Waals surface area contributed by atoms with Crippen LogP contribution >= 0.6 is 0 Å². The van der Waals surface area contributed by atoms with Gasteiger partial charge in [0.15, 0.2) is 0 Å². The number of aromatic nitrogens is 3. The summed E-state index contributed by atoms with van der Waals surface area (Å²) >= 11 is 0. The van der Waals surface area contributed by atoms with E-state index in [-0.39, 0.29) is 6.04 Å². The second kappa shape index (κ2) is 4.93. The maximum absolute atomic E-state index is 5.53. The molecule has 90 valence electrons. The highest BCUT2D eigenvalue weighted by molar-refractivity contribution is 4.93. The van der Waals surface area contributed by atoms with Crippen molar-refractivity contribution in [3.05, 3.63) is 12.2 Å². The Labute approximate surface area is 96.2 Å². The quantitative estimate of drug-likeness (QED) is 0.833. The molecule has 0 spiro atoms. The van der Waals surface area contributed by atoms with Crippen molar-refractivity contribution < 1.29 is 4.74 Å². The first-order valence-electron chi connectivity index (χ1n) is 5.88. The average molecular weight is 224 g/mol. The predicted octanol–water partition coefficient (Wildman–Crippen LogP) is 1.03. The molecular weight excluding hydrogens is 204 g/mol. The second-order valence-corrected chi connectivity index (χ2v) is 4.59. The Morgan fingerprint density at radius 2 is 2.44 bits per heavy atom. The molecular formula is C11H20N4O. The highest BCUT2D eigenvalue weighted by Gasteiger charge is 2.22. The summed E-state index contributed by atoms with van der Waals surface area (Å²) in [6, 6.07) is 0.762. The Morgan fingerprint density at radius 3 is 3.06 bits per heavy atom. The summed E-state index contributed by atoms with van der Waals surface area (Å²) in [5.74, 6) is 0.985. The van der Waals surface area contributed by atoms with E-state index in [1.807, 2.05) is 11.6 Å². The molecule has 1 aliphatic heterocycles. The van der Waals surface area contributed by atoms with Crippen molar-refractivity contribution in [1.29, 1.82) is 0 Å². The van der Waals surface area contributed by atoms with E-state index >= 15 is 0 Å². The molecule has 1 saturated heterocycles. The van der Waals surface area contributed by atoms with Crippen molar-refractivity contribution in [3.8, 4) is 0 Å². The van der Waals surface area contributed by atoms with E-state index in [1.165, 1.54) is 0 Å². The van der Waals surface area contributed by atoms with Crippen LogP contribution in [0.15, 0.2) is 6.33 Å².